The Balaban J connectivity index is 0.892. The number of esters is 6. The Hall–Kier alpha value is -13.0. The van der Waals surface area contributed by atoms with E-state index in [1.165, 1.54) is 36.5 Å². The Morgan fingerprint density at radius 3 is 0.399 bits per heavy atom. The van der Waals surface area contributed by atoms with Crippen LogP contribution in [0, 0.1) is 0 Å². The highest BCUT2D eigenvalue weighted by molar-refractivity contribution is 6.27. The molecule has 0 atom stereocenters. The maximum atomic E-state index is 12.5. The predicted molar refractivity (Wildman–Crippen MR) is 557 cm³/mol. The largest absolute Gasteiger partial charge is 0.490 e. The molecule has 732 valence electrons. The fraction of sp³-hybridized carbons (Fsp3) is 0.400. The van der Waals surface area contributed by atoms with Gasteiger partial charge in [-0.15, -0.1) is 0 Å². The molecule has 10 aromatic rings. The van der Waals surface area contributed by atoms with E-state index in [4.69, 9.17) is 56.8 Å². The highest BCUT2D eigenvalue weighted by Crippen LogP contribution is 2.48. The molecule has 18 nitrogen and oxygen atoms in total. The van der Waals surface area contributed by atoms with Gasteiger partial charge in [0.1, 0.15) is 0 Å². The SMILES string of the molecule is O=C(C=Cc1ccccc1)OCCCCCCCCOc1cc2c3cc(OCCCCCCCCOC(=O)C=Cc4ccccc4)c(OCCCCCCCCOC(=O)C=Cc4ccccc4)cc3c3cc(OCCCCCCCCOC(=O)C=Cc4ccccc4)c(OCCCCCCCCOC(=O)C=Cc4ccccc4)cc3c2cc1OCCCCCCCCOC(=O)C=Cc1ccccc1. The zero-order valence-corrected chi connectivity index (χ0v) is 81.0. The lowest BCUT2D eigenvalue weighted by atomic mass is 9.93. The van der Waals surface area contributed by atoms with Gasteiger partial charge >= 0.3 is 35.8 Å². The van der Waals surface area contributed by atoms with Crippen molar-refractivity contribution in [1.29, 1.82) is 0 Å². The van der Waals surface area contributed by atoms with E-state index in [1.54, 1.807) is 36.5 Å². The number of hydrogen-bond acceptors (Lipinski definition) is 18. The fourth-order valence-electron chi connectivity index (χ4n) is 15.9. The lowest BCUT2D eigenvalue weighted by Crippen LogP contribution is -2.05. The summed E-state index contributed by atoms with van der Waals surface area (Å²) in [6, 6.07) is 71.2. The fourth-order valence-corrected chi connectivity index (χ4v) is 15.9. The van der Waals surface area contributed by atoms with Crippen molar-refractivity contribution in [2.75, 3.05) is 79.3 Å². The van der Waals surface area contributed by atoms with Gasteiger partial charge < -0.3 is 56.8 Å². The second-order valence-electron chi connectivity index (χ2n) is 34.8. The number of carbonyl (C=O) groups excluding carboxylic acids is 6. The molecule has 10 aromatic carbocycles. The second kappa shape index (κ2) is 67.3. The van der Waals surface area contributed by atoms with Gasteiger partial charge in [0.15, 0.2) is 34.5 Å². The van der Waals surface area contributed by atoms with Crippen molar-refractivity contribution in [3.8, 4) is 34.5 Å². The van der Waals surface area contributed by atoms with Gasteiger partial charge in [-0.1, -0.05) is 336 Å². The first-order valence-corrected chi connectivity index (χ1v) is 50.8. The molecule has 0 saturated carbocycles. The summed E-state index contributed by atoms with van der Waals surface area (Å²) in [5, 5.41) is 5.65. The smallest absolute Gasteiger partial charge is 0.330 e. The summed E-state index contributed by atoms with van der Waals surface area (Å²) in [7, 11) is 0. The highest BCUT2D eigenvalue weighted by Gasteiger charge is 2.22. The van der Waals surface area contributed by atoms with E-state index in [0.29, 0.717) is 114 Å². The van der Waals surface area contributed by atoms with Crippen LogP contribution in [0.3, 0.4) is 0 Å². The minimum absolute atomic E-state index is 0.343. The molecule has 0 fully saturated rings. The summed E-state index contributed by atoms with van der Waals surface area (Å²) >= 11 is 0. The maximum absolute atomic E-state index is 12.5. The molecule has 0 aliphatic carbocycles. The molecule has 0 aliphatic heterocycles. The molecule has 10 rings (SSSR count). The minimum atomic E-state index is -0.343. The van der Waals surface area contributed by atoms with E-state index in [9.17, 15) is 28.8 Å². The second-order valence-corrected chi connectivity index (χ2v) is 34.8. The lowest BCUT2D eigenvalue weighted by Gasteiger charge is -2.21. The first-order valence-electron chi connectivity index (χ1n) is 50.8. The molecule has 0 saturated heterocycles. The third-order valence-corrected chi connectivity index (χ3v) is 23.6. The molecule has 0 heterocycles. The van der Waals surface area contributed by atoms with E-state index in [2.05, 4.69) is 36.4 Å². The quantitative estimate of drug-likeness (QED) is 0.0114. The van der Waals surface area contributed by atoms with Crippen molar-refractivity contribution in [3.05, 3.63) is 288 Å². The first kappa shape index (κ1) is 107. The zero-order valence-electron chi connectivity index (χ0n) is 81.0. The average Bonchev–Trinajstić information content (AvgIpc) is 0.724. The van der Waals surface area contributed by atoms with Crippen molar-refractivity contribution >= 4 is 105 Å². The van der Waals surface area contributed by atoms with Crippen LogP contribution in [0.25, 0.3) is 68.8 Å². The Morgan fingerprint density at radius 2 is 0.268 bits per heavy atom. The van der Waals surface area contributed by atoms with Gasteiger partial charge in [0.05, 0.1) is 79.3 Å². The Kier molecular flexibility index (Phi) is 52.2. The summed E-state index contributed by atoms with van der Waals surface area (Å²) in [6.07, 6.45) is 52.3. The van der Waals surface area contributed by atoms with Gasteiger partial charge in [-0.2, -0.15) is 0 Å². The predicted octanol–water partition coefficient (Wildman–Crippen LogP) is 29.0. The summed E-state index contributed by atoms with van der Waals surface area (Å²) in [4.78, 5) is 75.2. The molecule has 0 amide bonds. The molecule has 0 unspecified atom stereocenters. The molecule has 0 N–H and O–H groups in total. The molecule has 18 heteroatoms. The summed E-state index contributed by atoms with van der Waals surface area (Å²) in [5.41, 5.74) is 5.66. The highest BCUT2D eigenvalue weighted by atomic mass is 16.6. The maximum Gasteiger partial charge on any atom is 0.330 e. The van der Waals surface area contributed by atoms with E-state index in [-0.39, 0.29) is 35.8 Å². The normalized spacial score (nSPS) is 11.6. The molecule has 0 spiro atoms. The van der Waals surface area contributed by atoms with Crippen LogP contribution in [0.2, 0.25) is 0 Å². The Morgan fingerprint density at radius 1 is 0.152 bits per heavy atom. The van der Waals surface area contributed by atoms with Gasteiger partial charge in [0.25, 0.3) is 0 Å². The van der Waals surface area contributed by atoms with E-state index < -0.39 is 0 Å². The zero-order chi connectivity index (χ0) is 96.2. The van der Waals surface area contributed by atoms with Crippen LogP contribution in [-0.4, -0.2) is 115 Å². The van der Waals surface area contributed by atoms with Crippen LogP contribution in [0.4, 0.5) is 0 Å². The monoisotopic (exact) mass is 1870 g/mol. The van der Waals surface area contributed by atoms with E-state index in [0.717, 1.165) is 297 Å². The number of benzene rings is 10. The molecule has 0 bridgehead atoms. The van der Waals surface area contributed by atoms with Gasteiger partial charge in [-0.05, 0) is 216 Å². The molecule has 0 aromatic heterocycles. The van der Waals surface area contributed by atoms with Crippen molar-refractivity contribution in [2.24, 2.45) is 0 Å². The first-order chi connectivity index (χ1) is 68.1. The van der Waals surface area contributed by atoms with Crippen molar-refractivity contribution in [3.63, 3.8) is 0 Å². The van der Waals surface area contributed by atoms with Gasteiger partial charge in [0.2, 0.25) is 0 Å². The average molecular weight is 1870 g/mol. The molecule has 0 radical (unpaired) electrons. The van der Waals surface area contributed by atoms with E-state index >= 15 is 0 Å². The Labute approximate surface area is 818 Å². The topological polar surface area (TPSA) is 213 Å². The number of fused-ring (bicyclic) bond motifs is 6. The van der Waals surface area contributed by atoms with Crippen molar-refractivity contribution in [1.82, 2.24) is 0 Å². The van der Waals surface area contributed by atoms with Crippen LogP contribution < -0.4 is 28.4 Å². The van der Waals surface area contributed by atoms with Crippen molar-refractivity contribution in [2.45, 2.75) is 231 Å². The van der Waals surface area contributed by atoms with Crippen LogP contribution in [-0.2, 0) is 57.2 Å². The van der Waals surface area contributed by atoms with Gasteiger partial charge in [0, 0.05) is 36.5 Å². The van der Waals surface area contributed by atoms with Gasteiger partial charge in [-0.3, -0.25) is 0 Å². The molecule has 138 heavy (non-hydrogen) atoms. The molecular formula is C120H144O18. The third-order valence-electron chi connectivity index (χ3n) is 23.6. The summed E-state index contributed by atoms with van der Waals surface area (Å²) < 4.78 is 75.2. The Bertz CT molecular complexity index is 4450. The lowest BCUT2D eigenvalue weighted by molar-refractivity contribution is -0.138. The van der Waals surface area contributed by atoms with E-state index in [1.807, 2.05) is 182 Å². The standard InChI is InChI=1S/C120H144O18/c121-115(73-67-97-55-31-25-32-56-97)133-85-49-19-7-1-13-43-79-127-109-91-103-104(92-110(109)128-80-44-14-2-8-20-50-86-134-116(122)74-68-98-57-33-26-34-58-98)106-94-112(130-82-46-16-4-10-22-52-88-136-118(124)76-70-100-61-37-28-38-62-100)114(132-84-48-18-6-12-24-54-90-138-120(126)78-72-102-65-41-30-42-66-102)96-108(106)107-95-113(131-83-47-17-5-11-23-53-89-137-119(125)77-71-101-63-39-29-40-64-101)111(93-105(103)107)129-81-45-15-3-9-21-51-87-135-117(123)75-69-99-59-35-27-36-60-99/h25-42,55-78,91-96H,1-24,43-54,79-90H2. The minimum Gasteiger partial charge on any atom is -0.490 e. The third kappa shape index (κ3) is 44.5. The number of carbonyl (C=O) groups is 6. The molecule has 0 aliphatic rings. The number of unbranched alkanes of at least 4 members (excludes halogenated alkanes) is 30. The van der Waals surface area contributed by atoms with Crippen LogP contribution in [0.5, 0.6) is 34.5 Å². The summed E-state index contributed by atoms with van der Waals surface area (Å²) in [5.74, 6) is 1.78. The van der Waals surface area contributed by atoms with Crippen LogP contribution in [0.1, 0.15) is 265 Å². The number of rotatable bonds is 72. The number of ether oxygens (including phenoxy) is 12. The molecular weight excluding hydrogens is 1730 g/mol. The van der Waals surface area contributed by atoms with Gasteiger partial charge in [-0.25, -0.2) is 28.8 Å². The van der Waals surface area contributed by atoms with Crippen molar-refractivity contribution < 1.29 is 85.6 Å². The van der Waals surface area contributed by atoms with Crippen LogP contribution >= 0.6 is 0 Å². The number of hydrogen-bond donors (Lipinski definition) is 0. The summed E-state index contributed by atoms with van der Waals surface area (Å²) in [6.45, 7) is 4.95. The van der Waals surface area contributed by atoms with Crippen LogP contribution in [0.15, 0.2) is 255 Å².